The second-order valence-electron chi connectivity index (χ2n) is 6.22. The molecule has 26 heavy (non-hydrogen) atoms. The van der Waals surface area contributed by atoms with Gasteiger partial charge in [-0.2, -0.15) is 0 Å². The first-order chi connectivity index (χ1) is 12.3. The lowest BCUT2D eigenvalue weighted by molar-refractivity contribution is -0.149. The molecule has 2 aromatic rings. The topological polar surface area (TPSA) is 79.6 Å². The molecule has 1 N–H and O–H groups in total. The van der Waals surface area contributed by atoms with Gasteiger partial charge in [0.05, 0.1) is 18.7 Å². The fourth-order valence-electron chi connectivity index (χ4n) is 2.89. The zero-order valence-corrected chi connectivity index (χ0v) is 14.4. The molecular weight excluding hydrogens is 363 g/mol. The number of halogens is 2. The molecule has 1 amide bonds. The van der Waals surface area contributed by atoms with Gasteiger partial charge < -0.3 is 14.6 Å². The number of aliphatic carboxylic acids is 1. The molecule has 136 valence electrons. The summed E-state index contributed by atoms with van der Waals surface area (Å²) >= 11 is 6.11. The lowest BCUT2D eigenvalue weighted by Crippen LogP contribution is -2.39. The molecule has 1 unspecified atom stereocenters. The maximum Gasteiger partial charge on any atom is 0.343 e. The third kappa shape index (κ3) is 3.48. The predicted octanol–water partition coefficient (Wildman–Crippen LogP) is 2.19. The van der Waals surface area contributed by atoms with Gasteiger partial charge >= 0.3 is 5.97 Å². The molecule has 0 aliphatic carbocycles. The van der Waals surface area contributed by atoms with Crippen molar-refractivity contribution in [2.75, 3.05) is 13.1 Å². The average molecular weight is 379 g/mol. The van der Waals surface area contributed by atoms with Crippen molar-refractivity contribution >= 4 is 23.5 Å². The van der Waals surface area contributed by atoms with Gasteiger partial charge in [-0.05, 0) is 17.7 Å². The number of nitrogens with zero attached hydrogens (tertiary/aromatic N) is 2. The standard InChI is InChI=1S/C18H16ClFN2O4/c19-14-4-2-1-3-12(14)9-22-10-13(5-6-15(22)23)16(24)21-8-7-18(20,11-21)17(25)26/h1-6,10H,7-9,11H2,(H,25,26). The van der Waals surface area contributed by atoms with E-state index in [1.165, 1.54) is 22.9 Å². The fraction of sp³-hybridized carbons (Fsp3) is 0.278. The van der Waals surface area contributed by atoms with Crippen LogP contribution in [0.15, 0.2) is 47.4 Å². The first-order valence-corrected chi connectivity index (χ1v) is 8.33. The smallest absolute Gasteiger partial charge is 0.343 e. The van der Waals surface area contributed by atoms with Crippen molar-refractivity contribution < 1.29 is 19.1 Å². The average Bonchev–Trinajstić information content (AvgIpc) is 3.02. The molecule has 1 aromatic heterocycles. The first-order valence-electron chi connectivity index (χ1n) is 7.96. The Morgan fingerprint density at radius 3 is 2.62 bits per heavy atom. The van der Waals surface area contributed by atoms with Crippen LogP contribution >= 0.6 is 11.6 Å². The summed E-state index contributed by atoms with van der Waals surface area (Å²) in [5.74, 6) is -2.09. The van der Waals surface area contributed by atoms with Crippen molar-refractivity contribution in [2.24, 2.45) is 0 Å². The third-order valence-corrected chi connectivity index (χ3v) is 4.79. The van der Waals surface area contributed by atoms with E-state index in [-0.39, 0.29) is 30.6 Å². The van der Waals surface area contributed by atoms with Gasteiger partial charge in [0.1, 0.15) is 0 Å². The molecule has 1 aliphatic rings. The number of hydrogen-bond acceptors (Lipinski definition) is 3. The van der Waals surface area contributed by atoms with Gasteiger partial charge in [0.25, 0.3) is 11.5 Å². The minimum atomic E-state index is -2.43. The molecule has 2 heterocycles. The quantitative estimate of drug-likeness (QED) is 0.884. The van der Waals surface area contributed by atoms with Crippen LogP contribution in [-0.4, -0.2) is 45.2 Å². The van der Waals surface area contributed by atoms with E-state index in [4.69, 9.17) is 16.7 Å². The fourth-order valence-corrected chi connectivity index (χ4v) is 3.09. The number of benzene rings is 1. The number of alkyl halides is 1. The summed E-state index contributed by atoms with van der Waals surface area (Å²) in [6.07, 6.45) is 1.13. The highest BCUT2D eigenvalue weighted by atomic mass is 35.5. The van der Waals surface area contributed by atoms with Crippen LogP contribution in [0.1, 0.15) is 22.3 Å². The molecule has 6 nitrogen and oxygen atoms in total. The van der Waals surface area contributed by atoms with E-state index in [1.54, 1.807) is 24.3 Å². The maximum absolute atomic E-state index is 14.2. The summed E-state index contributed by atoms with van der Waals surface area (Å²) in [7, 11) is 0. The van der Waals surface area contributed by atoms with Crippen LogP contribution in [0.2, 0.25) is 5.02 Å². The number of likely N-dealkylation sites (tertiary alicyclic amines) is 1. The van der Waals surface area contributed by atoms with E-state index >= 15 is 0 Å². The lowest BCUT2D eigenvalue weighted by Gasteiger charge is -2.18. The van der Waals surface area contributed by atoms with E-state index in [2.05, 4.69) is 0 Å². The molecule has 1 aromatic carbocycles. The van der Waals surface area contributed by atoms with Gasteiger partial charge in [-0.1, -0.05) is 29.8 Å². The zero-order valence-electron chi connectivity index (χ0n) is 13.7. The molecule has 1 fully saturated rings. The highest BCUT2D eigenvalue weighted by molar-refractivity contribution is 6.31. The number of carbonyl (C=O) groups excluding carboxylic acids is 1. The molecule has 8 heteroatoms. The number of hydrogen-bond donors (Lipinski definition) is 1. The van der Waals surface area contributed by atoms with Crippen LogP contribution in [-0.2, 0) is 11.3 Å². The van der Waals surface area contributed by atoms with E-state index < -0.39 is 24.1 Å². The third-order valence-electron chi connectivity index (χ3n) is 4.42. The van der Waals surface area contributed by atoms with E-state index in [9.17, 15) is 18.8 Å². The van der Waals surface area contributed by atoms with Crippen molar-refractivity contribution in [3.05, 3.63) is 69.1 Å². The Labute approximate surface area is 153 Å². The van der Waals surface area contributed by atoms with Crippen molar-refractivity contribution in [1.82, 2.24) is 9.47 Å². The molecule has 0 spiro atoms. The van der Waals surface area contributed by atoms with Crippen LogP contribution in [0, 0.1) is 0 Å². The summed E-state index contributed by atoms with van der Waals surface area (Å²) < 4.78 is 15.5. The van der Waals surface area contributed by atoms with E-state index in [1.807, 2.05) is 0 Å². The summed E-state index contributed by atoms with van der Waals surface area (Å²) in [5.41, 5.74) is -1.84. The van der Waals surface area contributed by atoms with Gasteiger partial charge in [0.2, 0.25) is 5.67 Å². The Morgan fingerprint density at radius 2 is 1.96 bits per heavy atom. The highest BCUT2D eigenvalue weighted by Crippen LogP contribution is 2.27. The Kier molecular flexibility index (Phi) is 4.82. The van der Waals surface area contributed by atoms with Crippen molar-refractivity contribution in [3.8, 4) is 0 Å². The lowest BCUT2D eigenvalue weighted by atomic mass is 10.1. The summed E-state index contributed by atoms with van der Waals surface area (Å²) in [5, 5.41) is 9.44. The molecular formula is C18H16ClFN2O4. The van der Waals surface area contributed by atoms with Crippen LogP contribution < -0.4 is 5.56 Å². The SMILES string of the molecule is O=C(c1ccc(=O)n(Cc2ccccc2Cl)c1)N1CCC(F)(C(=O)O)C1. The number of carboxylic acid groups (broad SMARTS) is 1. The minimum Gasteiger partial charge on any atom is -0.479 e. The van der Waals surface area contributed by atoms with E-state index in [0.717, 1.165) is 10.5 Å². The Bertz CT molecular complexity index is 929. The Balaban J connectivity index is 1.84. The number of amides is 1. The predicted molar refractivity (Wildman–Crippen MR) is 93.3 cm³/mol. The second-order valence-corrected chi connectivity index (χ2v) is 6.63. The van der Waals surface area contributed by atoms with Gasteiger partial charge in [-0.15, -0.1) is 0 Å². The number of carboxylic acids is 1. The first kappa shape index (κ1) is 18.1. The molecule has 0 radical (unpaired) electrons. The van der Waals surface area contributed by atoms with Gasteiger partial charge in [0.15, 0.2) is 0 Å². The number of rotatable bonds is 4. The summed E-state index contributed by atoms with van der Waals surface area (Å²) in [6, 6.07) is 9.64. The molecule has 0 bridgehead atoms. The van der Waals surface area contributed by atoms with Crippen LogP contribution in [0.5, 0.6) is 0 Å². The highest BCUT2D eigenvalue weighted by Gasteiger charge is 2.47. The number of aromatic nitrogens is 1. The van der Waals surface area contributed by atoms with Crippen LogP contribution in [0.25, 0.3) is 0 Å². The minimum absolute atomic E-state index is 0.00523. The van der Waals surface area contributed by atoms with Crippen LogP contribution in [0.4, 0.5) is 4.39 Å². The monoisotopic (exact) mass is 378 g/mol. The summed E-state index contributed by atoms with van der Waals surface area (Å²) in [4.78, 5) is 36.8. The molecule has 1 atom stereocenters. The summed E-state index contributed by atoms with van der Waals surface area (Å²) in [6.45, 7) is -0.322. The van der Waals surface area contributed by atoms with Gasteiger partial charge in [-0.25, -0.2) is 9.18 Å². The number of pyridine rings is 1. The maximum atomic E-state index is 14.2. The normalized spacial score (nSPS) is 19.5. The molecule has 0 saturated carbocycles. The molecule has 1 aliphatic heterocycles. The number of carbonyl (C=O) groups is 2. The van der Waals surface area contributed by atoms with Crippen molar-refractivity contribution in [3.63, 3.8) is 0 Å². The van der Waals surface area contributed by atoms with Gasteiger partial charge in [0, 0.05) is 30.3 Å². The van der Waals surface area contributed by atoms with Crippen LogP contribution in [0.3, 0.4) is 0 Å². The van der Waals surface area contributed by atoms with E-state index in [0.29, 0.717) is 5.02 Å². The zero-order chi connectivity index (χ0) is 18.9. The van der Waals surface area contributed by atoms with Crippen molar-refractivity contribution in [1.29, 1.82) is 0 Å². The second kappa shape index (κ2) is 6.92. The van der Waals surface area contributed by atoms with Gasteiger partial charge in [-0.3, -0.25) is 9.59 Å². The molecule has 1 saturated heterocycles. The largest absolute Gasteiger partial charge is 0.479 e. The van der Waals surface area contributed by atoms with Crippen molar-refractivity contribution in [2.45, 2.75) is 18.6 Å². The Morgan fingerprint density at radius 1 is 1.23 bits per heavy atom. The Hall–Kier alpha value is -2.67. The molecule has 3 rings (SSSR count).